The van der Waals surface area contributed by atoms with Crippen molar-refractivity contribution in [3.63, 3.8) is 0 Å². The lowest BCUT2D eigenvalue weighted by Crippen LogP contribution is -1.99. The molecule has 5 nitrogen and oxygen atoms in total. The highest BCUT2D eigenvalue weighted by molar-refractivity contribution is 6.35. The van der Waals surface area contributed by atoms with Gasteiger partial charge in [0.05, 0.1) is 34.4 Å². The van der Waals surface area contributed by atoms with Crippen molar-refractivity contribution >= 4 is 43.1 Å². The van der Waals surface area contributed by atoms with E-state index in [1.54, 1.807) is 12.1 Å². The van der Waals surface area contributed by atoms with E-state index in [9.17, 15) is 21.0 Å². The summed E-state index contributed by atoms with van der Waals surface area (Å²) in [5.41, 5.74) is 0.620. The van der Waals surface area contributed by atoms with Gasteiger partial charge < -0.3 is 0 Å². The molecule has 0 aliphatic carbocycles. The van der Waals surface area contributed by atoms with Crippen molar-refractivity contribution in [2.75, 3.05) is 0 Å². The molecule has 0 unspecified atom stereocenters. The fourth-order valence-corrected chi connectivity index (χ4v) is 4.32. The first-order valence-electron chi connectivity index (χ1n) is 9.46. The van der Waals surface area contributed by atoms with Gasteiger partial charge in [0, 0.05) is 22.2 Å². The van der Waals surface area contributed by atoms with Crippen LogP contribution in [0.4, 0.5) is 0 Å². The average Bonchev–Trinajstić information content (AvgIpc) is 2.85. The average molecular weight is 405 g/mol. The van der Waals surface area contributed by atoms with Crippen LogP contribution in [0.3, 0.4) is 0 Å². The number of allylic oxidation sites excluding steroid dienone is 1. The number of nitrogens with zero attached hydrogens (tertiary/aromatic N) is 5. The third-order valence-electron chi connectivity index (χ3n) is 5.47. The van der Waals surface area contributed by atoms with Crippen molar-refractivity contribution < 1.29 is 0 Å². The van der Waals surface area contributed by atoms with Gasteiger partial charge in [0.2, 0.25) is 0 Å². The topological polar surface area (TPSA) is 119 Å². The lowest BCUT2D eigenvalue weighted by molar-refractivity contribution is 1.42. The third-order valence-corrected chi connectivity index (χ3v) is 5.47. The van der Waals surface area contributed by atoms with Gasteiger partial charge in [0.25, 0.3) is 0 Å². The second-order valence-corrected chi connectivity index (χ2v) is 6.90. The van der Waals surface area contributed by atoms with Crippen LogP contribution in [0.15, 0.2) is 61.2 Å². The first-order valence-corrected chi connectivity index (χ1v) is 9.46. The van der Waals surface area contributed by atoms with Crippen LogP contribution >= 0.6 is 0 Å². The van der Waals surface area contributed by atoms with Crippen molar-refractivity contribution in [3.05, 3.63) is 83.4 Å². The Morgan fingerprint density at radius 2 is 1.12 bits per heavy atom. The molecule has 0 bridgehead atoms. The van der Waals surface area contributed by atoms with Gasteiger partial charge in [-0.1, -0.05) is 49.0 Å². The Bertz CT molecular complexity index is 1790. The quantitative estimate of drug-likeness (QED) is 0.180. The fourth-order valence-electron chi connectivity index (χ4n) is 4.32. The van der Waals surface area contributed by atoms with Crippen molar-refractivity contribution in [3.8, 4) is 30.3 Å². The molecule has 0 atom stereocenters. The number of fused-ring (bicyclic) bond motifs is 2. The van der Waals surface area contributed by atoms with Crippen LogP contribution in [0.2, 0.25) is 0 Å². The Labute approximate surface area is 183 Å². The lowest BCUT2D eigenvalue weighted by atomic mass is 9.82. The highest BCUT2D eigenvalue weighted by Crippen LogP contribution is 2.44. The van der Waals surface area contributed by atoms with Gasteiger partial charge in [-0.3, -0.25) is 0 Å². The van der Waals surface area contributed by atoms with E-state index in [0.717, 1.165) is 26.9 Å². The van der Waals surface area contributed by atoms with Crippen LogP contribution in [0, 0.1) is 56.7 Å². The molecule has 32 heavy (non-hydrogen) atoms. The zero-order chi connectivity index (χ0) is 22.8. The monoisotopic (exact) mass is 405 g/mol. The first-order chi connectivity index (χ1) is 15.7. The van der Waals surface area contributed by atoms with E-state index in [1.165, 1.54) is 6.08 Å². The Kier molecular flexibility index (Phi) is 4.84. The van der Waals surface area contributed by atoms with E-state index in [4.69, 9.17) is 5.26 Å². The molecule has 0 fully saturated rings. The molecule has 0 aliphatic heterocycles. The fraction of sp³-hybridized carbons (Fsp3) is 0. The summed E-state index contributed by atoms with van der Waals surface area (Å²) in [4.78, 5) is 0. The molecule has 5 aromatic rings. The number of rotatable bonds is 0. The smallest absolute Gasteiger partial charge is 0.102 e. The van der Waals surface area contributed by atoms with Crippen molar-refractivity contribution in [1.29, 1.82) is 26.3 Å². The van der Waals surface area contributed by atoms with Gasteiger partial charge in [0.15, 0.2) is 0 Å². The van der Waals surface area contributed by atoms with Crippen LogP contribution in [-0.4, -0.2) is 0 Å². The highest BCUT2D eigenvalue weighted by Gasteiger charge is 2.24. The van der Waals surface area contributed by atoms with Crippen LogP contribution in [0.5, 0.6) is 0 Å². The van der Waals surface area contributed by atoms with Crippen LogP contribution < -0.4 is 0 Å². The van der Waals surface area contributed by atoms with Gasteiger partial charge in [-0.15, -0.1) is 0 Å². The largest absolute Gasteiger partial charge is 0.193 e. The SMILES string of the molecule is C=CC#N.N#Cc1c(C#N)c2c(C#N)ccc3c4cccc5cccc(c(c1C#N)c23)c54. The van der Waals surface area contributed by atoms with Gasteiger partial charge in [-0.05, 0) is 33.0 Å². The first kappa shape index (κ1) is 19.9. The highest BCUT2D eigenvalue weighted by atomic mass is 14.3. The predicted octanol–water partition coefficient (Wildman–Crippen LogP) is 5.92. The number of benzene rings is 5. The minimum absolute atomic E-state index is 0.0255. The van der Waals surface area contributed by atoms with Crippen molar-refractivity contribution in [2.45, 2.75) is 0 Å². The number of hydrogen-bond acceptors (Lipinski definition) is 5. The molecule has 0 amide bonds. The maximum atomic E-state index is 9.91. The standard InChI is InChI=1S/C24H8N4.C3H3N/c25-9-14-7-8-16-15-5-1-3-13-4-2-6-17(21(13)15)23-20(12-28)18(10-26)19(11-27)22(14)24(16)23;1-2-3-4/h1-8H;2H,1H2. The molecule has 0 aromatic heterocycles. The summed E-state index contributed by atoms with van der Waals surface area (Å²) in [6, 6.07) is 25.5. The van der Waals surface area contributed by atoms with E-state index in [0.29, 0.717) is 21.7 Å². The summed E-state index contributed by atoms with van der Waals surface area (Å²) in [7, 11) is 0. The van der Waals surface area contributed by atoms with Crippen LogP contribution in [-0.2, 0) is 0 Å². The molecule has 0 saturated carbocycles. The molecule has 0 heterocycles. The number of hydrogen-bond donors (Lipinski definition) is 0. The molecule has 0 N–H and O–H groups in total. The maximum Gasteiger partial charge on any atom is 0.102 e. The van der Waals surface area contributed by atoms with Gasteiger partial charge in [0.1, 0.15) is 18.2 Å². The third kappa shape index (κ3) is 2.60. The Balaban J connectivity index is 0.000000567. The molecule has 5 aromatic carbocycles. The zero-order valence-corrected chi connectivity index (χ0v) is 16.6. The lowest BCUT2D eigenvalue weighted by Gasteiger charge is -2.17. The van der Waals surface area contributed by atoms with Crippen molar-refractivity contribution in [1.82, 2.24) is 0 Å². The summed E-state index contributed by atoms with van der Waals surface area (Å²) in [6.45, 7) is 3.12. The summed E-state index contributed by atoms with van der Waals surface area (Å²) >= 11 is 0. The second-order valence-electron chi connectivity index (χ2n) is 6.90. The van der Waals surface area contributed by atoms with E-state index >= 15 is 0 Å². The second kappa shape index (κ2) is 7.78. The van der Waals surface area contributed by atoms with Gasteiger partial charge in [-0.25, -0.2) is 0 Å². The van der Waals surface area contributed by atoms with Crippen LogP contribution in [0.25, 0.3) is 43.1 Å². The molecule has 0 radical (unpaired) electrons. The number of nitriles is 5. The van der Waals surface area contributed by atoms with Crippen LogP contribution in [0.1, 0.15) is 22.3 Å². The molecular formula is C27H11N5. The van der Waals surface area contributed by atoms with Crippen molar-refractivity contribution in [2.24, 2.45) is 0 Å². The Morgan fingerprint density at radius 1 is 0.562 bits per heavy atom. The summed E-state index contributed by atoms with van der Waals surface area (Å²) in [5, 5.41) is 53.1. The summed E-state index contributed by atoms with van der Waals surface area (Å²) in [5.74, 6) is 0. The molecular weight excluding hydrogens is 394 g/mol. The molecule has 5 rings (SSSR count). The van der Waals surface area contributed by atoms with Gasteiger partial charge >= 0.3 is 0 Å². The van der Waals surface area contributed by atoms with E-state index in [2.05, 4.69) is 24.8 Å². The minimum atomic E-state index is 0.0255. The van der Waals surface area contributed by atoms with E-state index < -0.39 is 0 Å². The predicted molar refractivity (Wildman–Crippen MR) is 122 cm³/mol. The Morgan fingerprint density at radius 3 is 1.69 bits per heavy atom. The summed E-state index contributed by atoms with van der Waals surface area (Å²) < 4.78 is 0. The zero-order valence-electron chi connectivity index (χ0n) is 16.6. The van der Waals surface area contributed by atoms with E-state index in [1.807, 2.05) is 48.5 Å². The molecule has 0 aliphatic rings. The molecule has 0 spiro atoms. The normalized spacial score (nSPS) is 9.84. The van der Waals surface area contributed by atoms with E-state index in [-0.39, 0.29) is 16.7 Å². The summed E-state index contributed by atoms with van der Waals surface area (Å²) in [6.07, 6.45) is 1.18. The molecule has 5 heteroatoms. The Hall–Kier alpha value is -5.41. The van der Waals surface area contributed by atoms with Gasteiger partial charge in [-0.2, -0.15) is 26.3 Å². The maximum absolute atomic E-state index is 9.91. The minimum Gasteiger partial charge on any atom is -0.193 e. The molecule has 144 valence electrons. The molecule has 0 saturated heterocycles.